The van der Waals surface area contributed by atoms with Crippen molar-refractivity contribution in [2.75, 3.05) is 0 Å². The van der Waals surface area contributed by atoms with Crippen molar-refractivity contribution in [2.45, 2.75) is 19.6 Å². The average molecular weight is 321 g/mol. The summed E-state index contributed by atoms with van der Waals surface area (Å²) >= 11 is 0. The summed E-state index contributed by atoms with van der Waals surface area (Å²) in [6.45, 7) is 6.68. The van der Waals surface area contributed by atoms with Crippen LogP contribution < -0.4 is 5.32 Å². The van der Waals surface area contributed by atoms with E-state index in [9.17, 15) is 4.79 Å². The highest BCUT2D eigenvalue weighted by atomic mass is 28.3. The lowest BCUT2D eigenvalue weighted by Gasteiger charge is -2.21. The smallest absolute Gasteiger partial charge is 0.247 e. The zero-order valence-corrected chi connectivity index (χ0v) is 14.9. The van der Waals surface area contributed by atoms with Gasteiger partial charge < -0.3 is 5.32 Å². The number of benzene rings is 2. The fourth-order valence-electron chi connectivity index (χ4n) is 2.07. The summed E-state index contributed by atoms with van der Waals surface area (Å²) in [5, 5.41) is 4.11. The Balaban J connectivity index is 2.14. The molecule has 0 saturated carbocycles. The molecular formula is C20H23NOSi. The molecule has 2 aromatic carbocycles. The van der Waals surface area contributed by atoms with Crippen LogP contribution in [0, 0.1) is 0 Å². The van der Waals surface area contributed by atoms with E-state index in [1.165, 1.54) is 0 Å². The van der Waals surface area contributed by atoms with Crippen LogP contribution in [0.5, 0.6) is 0 Å². The molecule has 0 atom stereocenters. The van der Waals surface area contributed by atoms with E-state index in [0.717, 1.165) is 16.4 Å². The molecule has 0 aromatic heterocycles. The summed E-state index contributed by atoms with van der Waals surface area (Å²) in [7, 11) is -1.65. The maximum atomic E-state index is 12.2. The number of rotatable bonds is 5. The monoisotopic (exact) mass is 321 g/mol. The standard InChI is InChI=1S/C20H23NOSi/c1-23(2,3)20(16-18-12-8-5-9-13-18)21-19(22)15-14-17-10-6-4-7-11-17/h4-16H,1-3H3,(H,21,22)/b15-14+,20-16+. The van der Waals surface area contributed by atoms with Crippen LogP contribution in [0.2, 0.25) is 19.6 Å². The van der Waals surface area contributed by atoms with E-state index in [1.54, 1.807) is 6.08 Å². The molecule has 0 aliphatic carbocycles. The molecule has 0 spiro atoms. The minimum Gasteiger partial charge on any atom is -0.330 e. The van der Waals surface area contributed by atoms with Crippen molar-refractivity contribution < 1.29 is 4.79 Å². The Kier molecular flexibility index (Phi) is 5.71. The van der Waals surface area contributed by atoms with Crippen molar-refractivity contribution in [3.63, 3.8) is 0 Å². The van der Waals surface area contributed by atoms with Crippen molar-refractivity contribution in [3.05, 3.63) is 83.2 Å². The largest absolute Gasteiger partial charge is 0.330 e. The first kappa shape index (κ1) is 17.0. The molecule has 2 nitrogen and oxygen atoms in total. The summed E-state index contributed by atoms with van der Waals surface area (Å²) in [5.41, 5.74) is 2.13. The van der Waals surface area contributed by atoms with Crippen LogP contribution in [-0.2, 0) is 4.79 Å². The van der Waals surface area contributed by atoms with Gasteiger partial charge in [0.2, 0.25) is 5.91 Å². The molecule has 23 heavy (non-hydrogen) atoms. The minimum absolute atomic E-state index is 0.0848. The number of hydrogen-bond acceptors (Lipinski definition) is 1. The molecule has 118 valence electrons. The SMILES string of the molecule is C[Si](C)(C)/C(=C/c1ccccc1)NC(=O)/C=C/c1ccccc1. The highest BCUT2D eigenvalue weighted by Gasteiger charge is 2.21. The molecule has 2 aromatic rings. The first-order valence-electron chi connectivity index (χ1n) is 7.76. The highest BCUT2D eigenvalue weighted by Crippen LogP contribution is 2.16. The molecule has 3 heteroatoms. The maximum Gasteiger partial charge on any atom is 0.247 e. The highest BCUT2D eigenvalue weighted by molar-refractivity contribution is 6.83. The third-order valence-electron chi connectivity index (χ3n) is 3.40. The summed E-state index contributed by atoms with van der Waals surface area (Å²) < 4.78 is 0. The summed E-state index contributed by atoms with van der Waals surface area (Å²) in [6, 6.07) is 19.9. The second-order valence-corrected chi connectivity index (χ2v) is 11.5. The zero-order chi connectivity index (χ0) is 16.7. The Morgan fingerprint density at radius 2 is 1.39 bits per heavy atom. The van der Waals surface area contributed by atoms with E-state index in [1.807, 2.05) is 66.7 Å². The third-order valence-corrected chi connectivity index (χ3v) is 5.29. The van der Waals surface area contributed by atoms with Crippen LogP contribution in [0.25, 0.3) is 12.2 Å². The lowest BCUT2D eigenvalue weighted by atomic mass is 10.2. The van der Waals surface area contributed by atoms with Crippen LogP contribution >= 0.6 is 0 Å². The Morgan fingerprint density at radius 1 is 0.870 bits per heavy atom. The molecule has 0 aliphatic heterocycles. The second-order valence-electron chi connectivity index (χ2n) is 6.45. The van der Waals surface area contributed by atoms with Crippen LogP contribution in [0.15, 0.2) is 72.1 Å². The summed E-state index contributed by atoms with van der Waals surface area (Å²) in [5.74, 6) is -0.0848. The quantitative estimate of drug-likeness (QED) is 0.626. The van der Waals surface area contributed by atoms with Gasteiger partial charge in [-0.1, -0.05) is 80.3 Å². The van der Waals surface area contributed by atoms with Crippen molar-refractivity contribution in [1.29, 1.82) is 0 Å². The Bertz CT molecular complexity index is 697. The lowest BCUT2D eigenvalue weighted by Crippen LogP contribution is -2.36. The molecule has 0 saturated heterocycles. The van der Waals surface area contributed by atoms with Gasteiger partial charge in [-0.05, 0) is 23.3 Å². The number of nitrogens with one attached hydrogen (secondary N) is 1. The number of carbonyl (C=O) groups is 1. The number of amides is 1. The molecule has 0 bridgehead atoms. The van der Waals surface area contributed by atoms with Crippen LogP contribution in [0.3, 0.4) is 0 Å². The Morgan fingerprint density at radius 3 is 1.91 bits per heavy atom. The van der Waals surface area contributed by atoms with E-state index in [4.69, 9.17) is 0 Å². The van der Waals surface area contributed by atoms with E-state index >= 15 is 0 Å². The summed E-state index contributed by atoms with van der Waals surface area (Å²) in [4.78, 5) is 12.2. The first-order chi connectivity index (χ1) is 10.9. The van der Waals surface area contributed by atoms with Crippen molar-refractivity contribution >= 4 is 26.1 Å². The molecule has 1 N–H and O–H groups in total. The first-order valence-corrected chi connectivity index (χ1v) is 11.3. The molecule has 2 rings (SSSR count). The average Bonchev–Trinajstić information content (AvgIpc) is 2.53. The van der Waals surface area contributed by atoms with Gasteiger partial charge in [-0.15, -0.1) is 0 Å². The normalized spacial score (nSPS) is 12.4. The van der Waals surface area contributed by atoms with Gasteiger partial charge in [0.05, 0.1) is 8.07 Å². The van der Waals surface area contributed by atoms with Crippen LogP contribution in [0.1, 0.15) is 11.1 Å². The van der Waals surface area contributed by atoms with E-state index in [0.29, 0.717) is 0 Å². The topological polar surface area (TPSA) is 29.1 Å². The molecule has 0 fully saturated rings. The summed E-state index contributed by atoms with van der Waals surface area (Å²) in [6.07, 6.45) is 5.51. The van der Waals surface area contributed by atoms with Crippen molar-refractivity contribution in [2.24, 2.45) is 0 Å². The molecule has 0 heterocycles. The molecular weight excluding hydrogens is 298 g/mol. The van der Waals surface area contributed by atoms with E-state index < -0.39 is 8.07 Å². The fourth-order valence-corrected chi connectivity index (χ4v) is 3.16. The van der Waals surface area contributed by atoms with Gasteiger partial charge in [-0.25, -0.2) is 0 Å². The van der Waals surface area contributed by atoms with Gasteiger partial charge in [0.1, 0.15) is 0 Å². The van der Waals surface area contributed by atoms with E-state index in [-0.39, 0.29) is 5.91 Å². The molecule has 1 amide bonds. The third kappa shape index (κ3) is 5.72. The Hall–Kier alpha value is -2.39. The van der Waals surface area contributed by atoms with Crippen molar-refractivity contribution in [3.8, 4) is 0 Å². The lowest BCUT2D eigenvalue weighted by molar-refractivity contribution is -0.115. The zero-order valence-electron chi connectivity index (χ0n) is 13.9. The van der Waals surface area contributed by atoms with Crippen molar-refractivity contribution in [1.82, 2.24) is 5.32 Å². The maximum absolute atomic E-state index is 12.2. The van der Waals surface area contributed by atoms with Gasteiger partial charge in [0.15, 0.2) is 0 Å². The van der Waals surface area contributed by atoms with E-state index in [2.05, 4.69) is 31.0 Å². The second kappa shape index (κ2) is 7.74. The molecule has 0 radical (unpaired) electrons. The minimum atomic E-state index is -1.65. The van der Waals surface area contributed by atoms with Gasteiger partial charge in [0, 0.05) is 11.4 Å². The van der Waals surface area contributed by atoms with Crippen LogP contribution in [-0.4, -0.2) is 14.0 Å². The molecule has 0 aliphatic rings. The number of hydrogen-bond donors (Lipinski definition) is 1. The molecule has 0 unspecified atom stereocenters. The van der Waals surface area contributed by atoms with Gasteiger partial charge in [0.25, 0.3) is 0 Å². The fraction of sp³-hybridized carbons (Fsp3) is 0.150. The van der Waals surface area contributed by atoms with Gasteiger partial charge >= 0.3 is 0 Å². The predicted molar refractivity (Wildman–Crippen MR) is 101 cm³/mol. The van der Waals surface area contributed by atoms with Gasteiger partial charge in [-0.2, -0.15) is 0 Å². The van der Waals surface area contributed by atoms with Crippen LogP contribution in [0.4, 0.5) is 0 Å². The van der Waals surface area contributed by atoms with Gasteiger partial charge in [-0.3, -0.25) is 4.79 Å². The predicted octanol–water partition coefficient (Wildman–Crippen LogP) is 4.73. The Labute approximate surface area is 139 Å². The number of carbonyl (C=O) groups excluding carboxylic acids is 1.